The van der Waals surface area contributed by atoms with E-state index in [-0.39, 0.29) is 17.9 Å². The monoisotopic (exact) mass is 441 g/mol. The van der Waals surface area contributed by atoms with E-state index in [1.165, 1.54) is 13.2 Å². The highest BCUT2D eigenvalue weighted by Gasteiger charge is 2.44. The van der Waals surface area contributed by atoms with Crippen molar-refractivity contribution in [1.29, 1.82) is 0 Å². The normalized spacial score (nSPS) is 23.4. The Morgan fingerprint density at radius 1 is 1.43 bits per heavy atom. The molecule has 1 N–H and O–H groups in total. The first-order chi connectivity index (χ1) is 9.77. The Morgan fingerprint density at radius 3 is 2.67 bits per heavy atom. The molecule has 1 aromatic carbocycles. The predicted molar refractivity (Wildman–Crippen MR) is 82.6 cm³/mol. The molecule has 1 aromatic rings. The van der Waals surface area contributed by atoms with E-state index in [1.807, 2.05) is 0 Å². The Hall–Kier alpha value is -0.480. The molecule has 0 aliphatic carbocycles. The molecule has 6 nitrogen and oxygen atoms in total. The topological polar surface area (TPSA) is 83.9 Å². The van der Waals surface area contributed by atoms with Gasteiger partial charge < -0.3 is 9.84 Å². The van der Waals surface area contributed by atoms with Crippen LogP contribution in [0.3, 0.4) is 0 Å². The molecule has 9 heteroatoms. The number of aliphatic carboxylic acids is 1. The van der Waals surface area contributed by atoms with Crippen LogP contribution in [0.1, 0.15) is 6.42 Å². The summed E-state index contributed by atoms with van der Waals surface area (Å²) in [4.78, 5) is 11.3. The third-order valence-corrected chi connectivity index (χ3v) is 6.68. The number of carbonyl (C=O) groups is 1. The van der Waals surface area contributed by atoms with Crippen LogP contribution in [0.15, 0.2) is 32.0 Å². The number of carboxylic acids is 1. The highest BCUT2D eigenvalue weighted by molar-refractivity contribution is 9.11. The molecule has 1 aliphatic rings. The molecule has 0 aromatic heterocycles. The molecule has 1 heterocycles. The maximum atomic E-state index is 12.7. The number of methoxy groups -OCH3 is 1. The summed E-state index contributed by atoms with van der Waals surface area (Å²) in [6, 6.07) is 3.61. The molecule has 116 valence electrons. The number of benzene rings is 1. The molecule has 21 heavy (non-hydrogen) atoms. The van der Waals surface area contributed by atoms with Crippen LogP contribution in [0.4, 0.5) is 0 Å². The minimum absolute atomic E-state index is 0.0226. The third kappa shape index (κ3) is 3.31. The van der Waals surface area contributed by atoms with E-state index in [0.717, 1.165) is 4.31 Å². The summed E-state index contributed by atoms with van der Waals surface area (Å²) in [5, 5.41) is 9.25. The first-order valence-electron chi connectivity index (χ1n) is 6.00. The zero-order chi connectivity index (χ0) is 15.8. The van der Waals surface area contributed by atoms with Crippen LogP contribution in [0.5, 0.6) is 0 Å². The molecule has 0 spiro atoms. The van der Waals surface area contributed by atoms with E-state index < -0.39 is 28.1 Å². The quantitative estimate of drug-likeness (QED) is 0.771. The Kier molecular flexibility index (Phi) is 5.09. The highest BCUT2D eigenvalue weighted by atomic mass is 79.9. The lowest BCUT2D eigenvalue weighted by atomic mass is 10.2. The van der Waals surface area contributed by atoms with Crippen LogP contribution in [-0.2, 0) is 19.6 Å². The van der Waals surface area contributed by atoms with Crippen molar-refractivity contribution < 1.29 is 23.1 Å². The van der Waals surface area contributed by atoms with Gasteiger partial charge in [-0.05, 0) is 34.1 Å². The molecule has 0 saturated carbocycles. The number of nitrogens with zero attached hydrogens (tertiary/aromatic N) is 1. The number of hydrogen-bond donors (Lipinski definition) is 1. The molecular formula is C12H13Br2NO5S. The van der Waals surface area contributed by atoms with Crippen molar-refractivity contribution in [1.82, 2.24) is 4.31 Å². The number of hydrogen-bond acceptors (Lipinski definition) is 4. The summed E-state index contributed by atoms with van der Waals surface area (Å²) < 4.78 is 32.6. The van der Waals surface area contributed by atoms with Crippen LogP contribution in [-0.4, -0.2) is 49.6 Å². The number of carboxylic acid groups (broad SMARTS) is 1. The van der Waals surface area contributed by atoms with E-state index >= 15 is 0 Å². The van der Waals surface area contributed by atoms with Gasteiger partial charge in [-0.3, -0.25) is 4.79 Å². The molecular weight excluding hydrogens is 430 g/mol. The second kappa shape index (κ2) is 6.33. The van der Waals surface area contributed by atoms with Crippen LogP contribution >= 0.6 is 31.9 Å². The predicted octanol–water partition coefficient (Wildman–Crippen LogP) is 2.07. The van der Waals surface area contributed by atoms with Gasteiger partial charge in [0.1, 0.15) is 6.04 Å². The Morgan fingerprint density at radius 2 is 2.10 bits per heavy atom. The largest absolute Gasteiger partial charge is 0.480 e. The van der Waals surface area contributed by atoms with Crippen molar-refractivity contribution in [2.75, 3.05) is 13.7 Å². The maximum Gasteiger partial charge on any atom is 0.322 e. The number of halogens is 2. The fourth-order valence-corrected chi connectivity index (χ4v) is 5.32. The number of sulfonamides is 1. The zero-order valence-corrected chi connectivity index (χ0v) is 15.0. The highest BCUT2D eigenvalue weighted by Crippen LogP contribution is 2.33. The van der Waals surface area contributed by atoms with Crippen molar-refractivity contribution in [2.45, 2.75) is 23.5 Å². The van der Waals surface area contributed by atoms with Crippen LogP contribution < -0.4 is 0 Å². The maximum absolute atomic E-state index is 12.7. The second-order valence-electron chi connectivity index (χ2n) is 4.60. The van der Waals surface area contributed by atoms with Gasteiger partial charge in [0, 0.05) is 29.0 Å². The van der Waals surface area contributed by atoms with Gasteiger partial charge in [0.15, 0.2) is 0 Å². The van der Waals surface area contributed by atoms with E-state index in [9.17, 15) is 18.3 Å². The van der Waals surface area contributed by atoms with Gasteiger partial charge in [0.05, 0.1) is 11.0 Å². The summed E-state index contributed by atoms with van der Waals surface area (Å²) >= 11 is 6.42. The van der Waals surface area contributed by atoms with Crippen LogP contribution in [0, 0.1) is 0 Å². The minimum atomic E-state index is -3.93. The molecule has 0 bridgehead atoms. The summed E-state index contributed by atoms with van der Waals surface area (Å²) in [6.07, 6.45) is -0.289. The van der Waals surface area contributed by atoms with E-state index in [2.05, 4.69) is 31.9 Å². The van der Waals surface area contributed by atoms with Gasteiger partial charge >= 0.3 is 5.97 Å². The van der Waals surface area contributed by atoms with Gasteiger partial charge in [-0.15, -0.1) is 0 Å². The first-order valence-corrected chi connectivity index (χ1v) is 9.02. The van der Waals surface area contributed by atoms with Crippen molar-refractivity contribution in [3.63, 3.8) is 0 Å². The Bertz CT molecular complexity index is 664. The van der Waals surface area contributed by atoms with Crippen molar-refractivity contribution in [2.24, 2.45) is 0 Å². The van der Waals surface area contributed by atoms with Gasteiger partial charge in [-0.25, -0.2) is 8.42 Å². The van der Waals surface area contributed by atoms with Gasteiger partial charge in [-0.1, -0.05) is 15.9 Å². The van der Waals surface area contributed by atoms with E-state index in [4.69, 9.17) is 4.74 Å². The second-order valence-corrected chi connectivity index (χ2v) is 8.23. The molecule has 1 aliphatic heterocycles. The zero-order valence-electron chi connectivity index (χ0n) is 11.0. The number of rotatable bonds is 4. The van der Waals surface area contributed by atoms with Gasteiger partial charge in [-0.2, -0.15) is 4.31 Å². The molecule has 0 amide bonds. The fourth-order valence-electron chi connectivity index (χ4n) is 2.23. The fraction of sp³-hybridized carbons (Fsp3) is 0.417. The summed E-state index contributed by atoms with van der Waals surface area (Å²) in [5.74, 6) is -1.18. The standard InChI is InChI=1S/C12H13Br2NO5S/c1-20-8-5-10(12(16)17)15(6-8)21(18,19)11-4-7(13)2-3-9(11)14/h2-4,8,10H,5-6H2,1H3,(H,16,17). The van der Waals surface area contributed by atoms with Gasteiger partial charge in [0.2, 0.25) is 10.0 Å². The van der Waals surface area contributed by atoms with Crippen molar-refractivity contribution >= 4 is 47.9 Å². The molecule has 2 atom stereocenters. The average Bonchev–Trinajstić information content (AvgIpc) is 2.86. The smallest absolute Gasteiger partial charge is 0.322 e. The summed E-state index contributed by atoms with van der Waals surface area (Å²) in [7, 11) is -2.49. The lowest BCUT2D eigenvalue weighted by Crippen LogP contribution is -2.40. The number of ether oxygens (including phenoxy) is 1. The lowest BCUT2D eigenvalue weighted by molar-refractivity contribution is -0.140. The summed E-state index contributed by atoms with van der Waals surface area (Å²) in [5.41, 5.74) is 0. The SMILES string of the molecule is COC1CC(C(=O)O)N(S(=O)(=O)c2cc(Br)ccc2Br)C1. The van der Waals surface area contributed by atoms with Crippen molar-refractivity contribution in [3.05, 3.63) is 27.1 Å². The Labute approximate surface area is 139 Å². The lowest BCUT2D eigenvalue weighted by Gasteiger charge is -2.21. The average molecular weight is 443 g/mol. The minimum Gasteiger partial charge on any atom is -0.480 e. The van der Waals surface area contributed by atoms with Gasteiger partial charge in [0.25, 0.3) is 0 Å². The summed E-state index contributed by atoms with van der Waals surface area (Å²) in [6.45, 7) is 0.0226. The van der Waals surface area contributed by atoms with E-state index in [0.29, 0.717) is 8.95 Å². The van der Waals surface area contributed by atoms with Crippen LogP contribution in [0.2, 0.25) is 0 Å². The molecule has 2 unspecified atom stereocenters. The third-order valence-electron chi connectivity index (χ3n) is 3.32. The van der Waals surface area contributed by atoms with Crippen LogP contribution in [0.25, 0.3) is 0 Å². The molecule has 0 radical (unpaired) electrons. The Balaban J connectivity index is 2.47. The first kappa shape index (κ1) is 16.9. The molecule has 1 fully saturated rings. The molecule has 1 saturated heterocycles. The van der Waals surface area contributed by atoms with Crippen molar-refractivity contribution in [3.8, 4) is 0 Å². The molecule has 2 rings (SSSR count). The van der Waals surface area contributed by atoms with E-state index in [1.54, 1.807) is 12.1 Å².